The molecule has 1 saturated heterocycles. The van der Waals surface area contributed by atoms with Gasteiger partial charge in [0.25, 0.3) is 5.91 Å². The summed E-state index contributed by atoms with van der Waals surface area (Å²) < 4.78 is 13.4. The van der Waals surface area contributed by atoms with Gasteiger partial charge in [-0.15, -0.1) is 0 Å². The molecule has 0 aliphatic carbocycles. The van der Waals surface area contributed by atoms with Crippen molar-refractivity contribution in [1.29, 1.82) is 0 Å². The van der Waals surface area contributed by atoms with Crippen molar-refractivity contribution in [2.45, 2.75) is 25.3 Å². The summed E-state index contributed by atoms with van der Waals surface area (Å²) in [7, 11) is 4.05. The first-order valence-electron chi connectivity index (χ1n) is 16.0. The van der Waals surface area contributed by atoms with Crippen LogP contribution in [0.15, 0.2) is 72.9 Å². The second kappa shape index (κ2) is 13.8. The largest absolute Gasteiger partial charge is 0.361 e. The lowest BCUT2D eigenvalue weighted by Crippen LogP contribution is -2.59. The number of benzene rings is 3. The summed E-state index contributed by atoms with van der Waals surface area (Å²) in [6.07, 6.45) is 2.72. The van der Waals surface area contributed by atoms with Crippen LogP contribution in [-0.2, 0) is 11.2 Å². The number of carbonyl (C=O) groups excluding carboxylic acids is 3. The topological polar surface area (TPSA) is 92.0 Å². The van der Waals surface area contributed by atoms with E-state index in [4.69, 9.17) is 11.6 Å². The Morgan fingerprint density at radius 2 is 1.70 bits per heavy atom. The zero-order chi connectivity index (χ0) is 33.2. The quantitative estimate of drug-likeness (QED) is 0.280. The van der Waals surface area contributed by atoms with E-state index in [-0.39, 0.29) is 29.7 Å². The number of hydrogen-bond donors (Lipinski definition) is 2. The van der Waals surface area contributed by atoms with Crippen molar-refractivity contribution < 1.29 is 18.8 Å². The average Bonchev–Trinajstić information content (AvgIpc) is 3.50. The minimum atomic E-state index is -0.873. The molecule has 0 spiro atoms. The Hall–Kier alpha value is -4.41. The van der Waals surface area contributed by atoms with Gasteiger partial charge in [0.15, 0.2) is 0 Å². The molecule has 1 fully saturated rings. The zero-order valence-corrected chi connectivity index (χ0v) is 27.6. The van der Waals surface area contributed by atoms with Crippen LogP contribution in [0, 0.1) is 11.7 Å². The van der Waals surface area contributed by atoms with Crippen LogP contribution in [-0.4, -0.2) is 96.9 Å². The maximum atomic E-state index is 14.7. The van der Waals surface area contributed by atoms with Crippen molar-refractivity contribution in [3.8, 4) is 0 Å². The highest BCUT2D eigenvalue weighted by Gasteiger charge is 2.38. The van der Waals surface area contributed by atoms with Crippen LogP contribution in [0.2, 0.25) is 5.02 Å². The molecule has 6 rings (SSSR count). The molecule has 4 amide bonds. The molecule has 3 aromatic carbocycles. The van der Waals surface area contributed by atoms with Gasteiger partial charge in [-0.2, -0.15) is 0 Å². The van der Waals surface area contributed by atoms with Crippen LogP contribution < -0.4 is 10.2 Å². The molecule has 0 bridgehead atoms. The van der Waals surface area contributed by atoms with Crippen molar-refractivity contribution >= 4 is 46.0 Å². The Morgan fingerprint density at radius 1 is 1.00 bits per heavy atom. The normalized spacial score (nSPS) is 17.8. The maximum absolute atomic E-state index is 14.7. The fraction of sp³-hybridized carbons (Fsp3) is 0.361. The number of aromatic nitrogens is 1. The highest BCUT2D eigenvalue weighted by Crippen LogP contribution is 2.35. The fourth-order valence-electron chi connectivity index (χ4n) is 6.89. The number of H-pyrrole nitrogens is 1. The lowest BCUT2D eigenvalue weighted by Gasteiger charge is -2.40. The van der Waals surface area contributed by atoms with E-state index in [0.29, 0.717) is 43.3 Å². The molecule has 2 N–H and O–H groups in total. The number of urea groups is 1. The summed E-state index contributed by atoms with van der Waals surface area (Å²) in [5.41, 5.74) is 4.12. The number of rotatable bonds is 7. The molecule has 2 aliphatic rings. The number of carbonyl (C=O) groups is 3. The third kappa shape index (κ3) is 6.99. The van der Waals surface area contributed by atoms with Crippen molar-refractivity contribution in [3.05, 3.63) is 100 Å². The first-order chi connectivity index (χ1) is 22.6. The fourth-order valence-corrected chi connectivity index (χ4v) is 7.09. The number of amides is 4. The van der Waals surface area contributed by atoms with Gasteiger partial charge >= 0.3 is 6.03 Å². The van der Waals surface area contributed by atoms with E-state index in [1.54, 1.807) is 15.9 Å². The molecule has 9 nitrogen and oxygen atoms in total. The summed E-state index contributed by atoms with van der Waals surface area (Å²) in [4.78, 5) is 52.2. The smallest absolute Gasteiger partial charge is 0.318 e. The number of aromatic amines is 1. The summed E-state index contributed by atoms with van der Waals surface area (Å²) in [5, 5.41) is 4.73. The maximum Gasteiger partial charge on any atom is 0.318 e. The van der Waals surface area contributed by atoms with Gasteiger partial charge in [0, 0.05) is 78.6 Å². The number of anilines is 1. The van der Waals surface area contributed by atoms with E-state index >= 15 is 0 Å². The van der Waals surface area contributed by atoms with E-state index < -0.39 is 11.9 Å². The van der Waals surface area contributed by atoms with Crippen LogP contribution >= 0.6 is 11.6 Å². The second-order valence-electron chi connectivity index (χ2n) is 12.8. The number of halogens is 2. The summed E-state index contributed by atoms with van der Waals surface area (Å²) in [6, 6.07) is 17.8. The Labute approximate surface area is 279 Å². The highest BCUT2D eigenvalue weighted by atomic mass is 35.5. The SMILES string of the molecule is C[C@H](c1c[nH]c2ccccc12)[C@@H](NC(=O)N1CCN(C(=O)c2ccc(F)cc2)CC1)C(=O)N1C[C@@H](CN(C)C)Cc2cc(Cl)ccc21. The molecule has 0 unspecified atom stereocenters. The Bertz CT molecular complexity index is 1770. The minimum absolute atomic E-state index is 0.186. The van der Waals surface area contributed by atoms with Gasteiger partial charge in [0.1, 0.15) is 11.9 Å². The monoisotopic (exact) mass is 658 g/mol. The molecule has 2 aliphatic heterocycles. The van der Waals surface area contributed by atoms with E-state index in [1.807, 2.05) is 68.5 Å². The van der Waals surface area contributed by atoms with Gasteiger partial charge in [0.2, 0.25) is 5.91 Å². The molecular formula is C36H40ClFN6O3. The molecule has 246 valence electrons. The van der Waals surface area contributed by atoms with Crippen molar-refractivity contribution in [1.82, 2.24) is 25.0 Å². The molecule has 11 heteroatoms. The van der Waals surface area contributed by atoms with Gasteiger partial charge in [0.05, 0.1) is 0 Å². The van der Waals surface area contributed by atoms with Gasteiger partial charge in [-0.25, -0.2) is 9.18 Å². The zero-order valence-electron chi connectivity index (χ0n) is 26.9. The lowest BCUT2D eigenvalue weighted by molar-refractivity contribution is -0.121. The number of nitrogens with one attached hydrogen (secondary N) is 2. The second-order valence-corrected chi connectivity index (χ2v) is 13.3. The van der Waals surface area contributed by atoms with Crippen LogP contribution in [0.4, 0.5) is 14.9 Å². The molecular weight excluding hydrogens is 619 g/mol. The van der Waals surface area contributed by atoms with E-state index in [0.717, 1.165) is 40.7 Å². The first kappa shape index (κ1) is 32.5. The molecule has 4 aromatic rings. The average molecular weight is 659 g/mol. The van der Waals surface area contributed by atoms with Crippen LogP contribution in [0.25, 0.3) is 10.9 Å². The molecule has 0 radical (unpaired) electrons. The van der Waals surface area contributed by atoms with Crippen LogP contribution in [0.3, 0.4) is 0 Å². The Kier molecular flexibility index (Phi) is 9.52. The molecule has 47 heavy (non-hydrogen) atoms. The number of para-hydroxylation sites is 1. The van der Waals surface area contributed by atoms with E-state index in [1.165, 1.54) is 24.3 Å². The molecule has 3 atom stereocenters. The summed E-state index contributed by atoms with van der Waals surface area (Å²) in [5.74, 6) is -0.977. The van der Waals surface area contributed by atoms with Gasteiger partial charge in [-0.1, -0.05) is 36.7 Å². The number of nitrogens with zero attached hydrogens (tertiary/aromatic N) is 4. The first-order valence-corrected chi connectivity index (χ1v) is 16.4. The van der Waals surface area contributed by atoms with Crippen molar-refractivity contribution in [3.63, 3.8) is 0 Å². The molecule has 1 aromatic heterocycles. The van der Waals surface area contributed by atoms with Crippen molar-refractivity contribution in [2.24, 2.45) is 5.92 Å². The standard InChI is InChI=1S/C36H40ClFN6O3/c1-23(30-20-39-31-7-5-4-6-29(30)31)33(35(46)44-22-24(21-41(2)3)18-26-19-27(37)10-13-32(26)44)40-36(47)43-16-14-42(15-17-43)34(45)25-8-11-28(38)12-9-25/h4-13,19-20,23-24,33,39H,14-18,21-22H2,1-3H3,(H,40,47)/t23-,24-,33-/m1/s1. The van der Waals surface area contributed by atoms with Crippen molar-refractivity contribution in [2.75, 3.05) is 58.3 Å². The molecule has 0 saturated carbocycles. The third-order valence-electron chi connectivity index (χ3n) is 9.27. The summed E-state index contributed by atoms with van der Waals surface area (Å²) >= 11 is 6.40. The third-order valence-corrected chi connectivity index (χ3v) is 9.51. The Morgan fingerprint density at radius 3 is 2.43 bits per heavy atom. The number of piperazine rings is 1. The van der Waals surface area contributed by atoms with E-state index in [9.17, 15) is 18.8 Å². The van der Waals surface area contributed by atoms with E-state index in [2.05, 4.69) is 15.2 Å². The summed E-state index contributed by atoms with van der Waals surface area (Å²) in [6.45, 7) is 4.55. The highest BCUT2D eigenvalue weighted by molar-refractivity contribution is 6.30. The number of fused-ring (bicyclic) bond motifs is 2. The lowest BCUT2D eigenvalue weighted by atomic mass is 9.88. The minimum Gasteiger partial charge on any atom is -0.361 e. The van der Waals surface area contributed by atoms with Gasteiger partial charge in [-0.05, 0) is 86.1 Å². The Balaban J connectivity index is 1.25. The predicted molar refractivity (Wildman–Crippen MR) is 182 cm³/mol. The van der Waals surface area contributed by atoms with Crippen LogP contribution in [0.1, 0.15) is 34.3 Å². The molecule has 3 heterocycles. The van der Waals surface area contributed by atoms with Gasteiger partial charge < -0.3 is 29.9 Å². The predicted octanol–water partition coefficient (Wildman–Crippen LogP) is 5.37. The number of hydrogen-bond acceptors (Lipinski definition) is 4. The van der Waals surface area contributed by atoms with Crippen LogP contribution in [0.5, 0.6) is 0 Å². The van der Waals surface area contributed by atoms with Gasteiger partial charge in [-0.3, -0.25) is 9.59 Å².